The monoisotopic (exact) mass is 280 g/mol. The first-order chi connectivity index (χ1) is 8.74. The van der Waals surface area contributed by atoms with Crippen molar-refractivity contribution < 1.29 is 0 Å². The summed E-state index contributed by atoms with van der Waals surface area (Å²) < 4.78 is 0. The second-order valence-corrected chi connectivity index (χ2v) is 10.3. The fourth-order valence-corrected chi connectivity index (χ4v) is 9.55. The van der Waals surface area contributed by atoms with Gasteiger partial charge in [-0.05, 0) is 5.56 Å². The van der Waals surface area contributed by atoms with E-state index in [0.717, 1.165) is 5.75 Å². The third-order valence-corrected chi connectivity index (χ3v) is 10.3. The fourth-order valence-electron chi connectivity index (χ4n) is 3.39. The van der Waals surface area contributed by atoms with Crippen LogP contribution in [0, 0.1) is 0 Å². The van der Waals surface area contributed by atoms with Crippen molar-refractivity contribution in [3.8, 4) is 0 Å². The molecule has 0 amide bonds. The summed E-state index contributed by atoms with van der Waals surface area (Å²) in [5.74, 6) is 0.891. The van der Waals surface area contributed by atoms with E-state index in [2.05, 4.69) is 57.7 Å². The number of rotatable bonds is 8. The standard InChI is InChI=1S/C16H28SSi/c1-4-11-18(12-5-2,13-6-3)16-10-8-7-9-15(16)14-17/h7-10,17H,4-6,11-14H2,1-3H3. The van der Waals surface area contributed by atoms with Crippen molar-refractivity contribution >= 4 is 25.9 Å². The smallest absolute Gasteiger partial charge is 0.0870 e. The molecule has 1 aromatic carbocycles. The summed E-state index contributed by atoms with van der Waals surface area (Å²) in [4.78, 5) is 0. The Morgan fingerprint density at radius 2 is 1.39 bits per heavy atom. The predicted octanol–water partition coefficient (Wildman–Crippen LogP) is 5.00. The molecule has 0 N–H and O–H groups in total. The van der Waals surface area contributed by atoms with Crippen LogP contribution >= 0.6 is 12.6 Å². The maximum Gasteiger partial charge on any atom is 0.0870 e. The lowest BCUT2D eigenvalue weighted by Crippen LogP contribution is -2.48. The van der Waals surface area contributed by atoms with E-state index in [4.69, 9.17) is 0 Å². The lowest BCUT2D eigenvalue weighted by atomic mass is 10.2. The van der Waals surface area contributed by atoms with Gasteiger partial charge >= 0.3 is 0 Å². The van der Waals surface area contributed by atoms with E-state index < -0.39 is 8.07 Å². The van der Waals surface area contributed by atoms with Gasteiger partial charge < -0.3 is 0 Å². The lowest BCUT2D eigenvalue weighted by Gasteiger charge is -2.33. The zero-order valence-electron chi connectivity index (χ0n) is 12.2. The third-order valence-electron chi connectivity index (χ3n) is 3.94. The van der Waals surface area contributed by atoms with Gasteiger partial charge in [-0.25, -0.2) is 0 Å². The van der Waals surface area contributed by atoms with Crippen LogP contribution in [0.5, 0.6) is 0 Å². The quantitative estimate of drug-likeness (QED) is 0.502. The molecule has 0 aliphatic carbocycles. The average Bonchev–Trinajstić information content (AvgIpc) is 2.39. The van der Waals surface area contributed by atoms with E-state index >= 15 is 0 Å². The predicted molar refractivity (Wildman–Crippen MR) is 89.8 cm³/mol. The van der Waals surface area contributed by atoms with Gasteiger partial charge in [0, 0.05) is 5.75 Å². The van der Waals surface area contributed by atoms with Crippen LogP contribution in [0.15, 0.2) is 24.3 Å². The molecule has 0 aliphatic rings. The van der Waals surface area contributed by atoms with E-state index in [9.17, 15) is 0 Å². The van der Waals surface area contributed by atoms with Crippen LogP contribution in [0.25, 0.3) is 0 Å². The largest absolute Gasteiger partial charge is 0.175 e. The highest BCUT2D eigenvalue weighted by atomic mass is 32.1. The summed E-state index contributed by atoms with van der Waals surface area (Å²) in [6.45, 7) is 7.03. The van der Waals surface area contributed by atoms with Crippen molar-refractivity contribution in [3.63, 3.8) is 0 Å². The summed E-state index contributed by atoms with van der Waals surface area (Å²) in [5, 5.41) is 1.70. The zero-order valence-corrected chi connectivity index (χ0v) is 14.1. The Kier molecular flexibility index (Phi) is 7.09. The van der Waals surface area contributed by atoms with Crippen molar-refractivity contribution in [3.05, 3.63) is 29.8 Å². The Morgan fingerprint density at radius 3 is 1.83 bits per heavy atom. The first-order valence-corrected chi connectivity index (χ1v) is 10.7. The summed E-state index contributed by atoms with van der Waals surface area (Å²) in [6.07, 6.45) is 3.98. The lowest BCUT2D eigenvalue weighted by molar-refractivity contribution is 0.936. The molecule has 0 radical (unpaired) electrons. The van der Waals surface area contributed by atoms with Gasteiger partial charge in [0.25, 0.3) is 0 Å². The van der Waals surface area contributed by atoms with Gasteiger partial charge in [0.2, 0.25) is 0 Å². The Hall–Kier alpha value is -0.213. The molecular formula is C16H28SSi. The second-order valence-electron chi connectivity index (χ2n) is 5.35. The molecule has 0 heterocycles. The van der Waals surface area contributed by atoms with E-state index in [1.54, 1.807) is 5.19 Å². The second kappa shape index (κ2) is 8.06. The highest BCUT2D eigenvalue weighted by Crippen LogP contribution is 2.27. The Balaban J connectivity index is 3.20. The molecule has 1 rings (SSSR count). The SMILES string of the molecule is CCC[Si](CCC)(CCC)c1ccccc1CS. The van der Waals surface area contributed by atoms with Gasteiger partial charge in [0.05, 0.1) is 8.07 Å². The average molecular weight is 281 g/mol. The molecule has 0 spiro atoms. The first kappa shape index (κ1) is 15.8. The summed E-state index contributed by atoms with van der Waals surface area (Å²) in [5.41, 5.74) is 1.49. The van der Waals surface area contributed by atoms with Crippen LogP contribution in [0.3, 0.4) is 0 Å². The molecule has 0 fully saturated rings. The molecule has 0 nitrogen and oxygen atoms in total. The normalized spacial score (nSPS) is 11.8. The van der Waals surface area contributed by atoms with Gasteiger partial charge in [-0.2, -0.15) is 12.6 Å². The molecule has 18 heavy (non-hydrogen) atoms. The van der Waals surface area contributed by atoms with Gasteiger partial charge in [-0.15, -0.1) is 0 Å². The number of hydrogen-bond donors (Lipinski definition) is 1. The topological polar surface area (TPSA) is 0 Å². The van der Waals surface area contributed by atoms with Crippen molar-refractivity contribution in [2.45, 2.75) is 63.9 Å². The molecule has 1 aromatic rings. The molecule has 0 atom stereocenters. The molecule has 0 saturated heterocycles. The van der Waals surface area contributed by atoms with E-state index in [1.807, 2.05) is 0 Å². The fraction of sp³-hybridized carbons (Fsp3) is 0.625. The highest BCUT2D eigenvalue weighted by molar-refractivity contribution is 7.79. The molecule has 2 heteroatoms. The molecule has 0 bridgehead atoms. The van der Waals surface area contributed by atoms with Crippen LogP contribution in [0.2, 0.25) is 18.1 Å². The van der Waals surface area contributed by atoms with Crippen molar-refractivity contribution in [1.82, 2.24) is 0 Å². The van der Waals surface area contributed by atoms with Crippen LogP contribution < -0.4 is 5.19 Å². The summed E-state index contributed by atoms with van der Waals surface area (Å²) in [7, 11) is -1.29. The van der Waals surface area contributed by atoms with Gasteiger partial charge in [-0.3, -0.25) is 0 Å². The van der Waals surface area contributed by atoms with Crippen LogP contribution in [-0.2, 0) is 5.75 Å². The molecular weight excluding hydrogens is 252 g/mol. The highest BCUT2D eigenvalue weighted by Gasteiger charge is 2.33. The Morgan fingerprint density at radius 1 is 0.889 bits per heavy atom. The minimum Gasteiger partial charge on any atom is -0.175 e. The Bertz CT molecular complexity index is 332. The minimum atomic E-state index is -1.29. The zero-order chi connectivity index (χ0) is 13.4. The van der Waals surface area contributed by atoms with Crippen molar-refractivity contribution in [2.75, 3.05) is 0 Å². The van der Waals surface area contributed by atoms with E-state index in [0.29, 0.717) is 0 Å². The van der Waals surface area contributed by atoms with E-state index in [-0.39, 0.29) is 0 Å². The van der Waals surface area contributed by atoms with Crippen LogP contribution in [-0.4, -0.2) is 8.07 Å². The minimum absolute atomic E-state index is 0.891. The maximum atomic E-state index is 4.54. The number of thiol groups is 1. The maximum absolute atomic E-state index is 4.54. The van der Waals surface area contributed by atoms with Gasteiger partial charge in [-0.1, -0.05) is 87.6 Å². The number of benzene rings is 1. The van der Waals surface area contributed by atoms with Crippen molar-refractivity contribution in [1.29, 1.82) is 0 Å². The van der Waals surface area contributed by atoms with Crippen LogP contribution in [0.4, 0.5) is 0 Å². The molecule has 0 saturated carbocycles. The number of hydrogen-bond acceptors (Lipinski definition) is 1. The first-order valence-electron chi connectivity index (χ1n) is 7.43. The summed E-state index contributed by atoms with van der Waals surface area (Å²) >= 11 is 4.54. The molecule has 102 valence electrons. The molecule has 0 aliphatic heterocycles. The Labute approximate surface area is 120 Å². The molecule has 0 aromatic heterocycles. The van der Waals surface area contributed by atoms with Crippen LogP contribution in [0.1, 0.15) is 45.6 Å². The summed E-state index contributed by atoms with van der Waals surface area (Å²) in [6, 6.07) is 13.4. The van der Waals surface area contributed by atoms with Gasteiger partial charge in [0.15, 0.2) is 0 Å². The van der Waals surface area contributed by atoms with E-state index in [1.165, 1.54) is 43.0 Å². The molecule has 0 unspecified atom stereocenters. The van der Waals surface area contributed by atoms with Gasteiger partial charge in [0.1, 0.15) is 0 Å². The third kappa shape index (κ3) is 3.64. The van der Waals surface area contributed by atoms with Crippen molar-refractivity contribution in [2.24, 2.45) is 0 Å².